The summed E-state index contributed by atoms with van der Waals surface area (Å²) in [4.78, 5) is 16.4. The molecule has 4 rings (SSSR count). The smallest absolute Gasteiger partial charge is 0.247 e. The Balaban J connectivity index is 1.16. The fourth-order valence-electron chi connectivity index (χ4n) is 5.09. The number of amides is 1. The first kappa shape index (κ1) is 22.2. The summed E-state index contributed by atoms with van der Waals surface area (Å²) < 4.78 is 40.7. The predicted octanol–water partition coefficient (Wildman–Crippen LogP) is 4.40. The van der Waals surface area contributed by atoms with Crippen LogP contribution < -0.4 is 10.2 Å². The molecule has 2 fully saturated rings. The Morgan fingerprint density at radius 1 is 1.00 bits per heavy atom. The highest BCUT2D eigenvalue weighted by Crippen LogP contribution is 2.29. The third-order valence-corrected chi connectivity index (χ3v) is 7.10. The van der Waals surface area contributed by atoms with E-state index in [1.165, 1.54) is 6.07 Å². The number of anilines is 1. The van der Waals surface area contributed by atoms with Crippen molar-refractivity contribution >= 4 is 11.6 Å². The fraction of sp³-hybridized carbons (Fsp3) is 0.625. The molecule has 1 saturated carbocycles. The number of allylic oxidation sites excluding steroid dienone is 1. The lowest BCUT2D eigenvalue weighted by Gasteiger charge is -2.37. The van der Waals surface area contributed by atoms with Crippen molar-refractivity contribution in [2.45, 2.75) is 57.4 Å². The summed E-state index contributed by atoms with van der Waals surface area (Å²) in [6, 6.07) is 2.62. The highest BCUT2D eigenvalue weighted by atomic mass is 19.2. The van der Waals surface area contributed by atoms with Crippen molar-refractivity contribution in [2.75, 3.05) is 37.6 Å². The number of hydrogen-bond donors (Lipinski definition) is 1. The van der Waals surface area contributed by atoms with Crippen molar-refractivity contribution in [3.05, 3.63) is 41.2 Å². The number of nitrogens with one attached hydrogen (secondary N) is 1. The molecule has 1 aliphatic heterocycles. The van der Waals surface area contributed by atoms with E-state index >= 15 is 0 Å². The third-order valence-electron chi connectivity index (χ3n) is 7.10. The first-order valence-corrected chi connectivity index (χ1v) is 11.6. The third kappa shape index (κ3) is 5.43. The van der Waals surface area contributed by atoms with Crippen LogP contribution >= 0.6 is 0 Å². The maximum atomic E-state index is 14.0. The minimum atomic E-state index is -1.40. The van der Waals surface area contributed by atoms with Gasteiger partial charge in [-0.1, -0.05) is 6.08 Å². The topological polar surface area (TPSA) is 35.6 Å². The van der Waals surface area contributed by atoms with E-state index < -0.39 is 17.5 Å². The first-order valence-electron chi connectivity index (χ1n) is 11.6. The molecule has 0 radical (unpaired) electrons. The van der Waals surface area contributed by atoms with Crippen LogP contribution in [0.5, 0.6) is 0 Å². The van der Waals surface area contributed by atoms with E-state index in [-0.39, 0.29) is 11.6 Å². The summed E-state index contributed by atoms with van der Waals surface area (Å²) in [5.41, 5.74) is 1.11. The van der Waals surface area contributed by atoms with Crippen LogP contribution in [0, 0.1) is 23.4 Å². The van der Waals surface area contributed by atoms with Gasteiger partial charge < -0.3 is 10.2 Å². The lowest BCUT2D eigenvalue weighted by atomic mass is 9.84. The molecule has 4 nitrogen and oxygen atoms in total. The highest BCUT2D eigenvalue weighted by molar-refractivity contribution is 5.93. The average molecular weight is 436 g/mol. The van der Waals surface area contributed by atoms with Gasteiger partial charge in [0.15, 0.2) is 17.5 Å². The summed E-state index contributed by atoms with van der Waals surface area (Å²) in [5, 5.41) is 3.22. The van der Waals surface area contributed by atoms with Crippen LogP contribution in [0.1, 0.15) is 51.4 Å². The quantitative estimate of drug-likeness (QED) is 0.673. The zero-order valence-electron chi connectivity index (χ0n) is 18.0. The van der Waals surface area contributed by atoms with Crippen LogP contribution in [0.15, 0.2) is 23.8 Å². The molecule has 1 saturated heterocycles. The maximum absolute atomic E-state index is 14.0. The number of carbonyl (C=O) groups is 1. The Labute approximate surface area is 182 Å². The van der Waals surface area contributed by atoms with Crippen LogP contribution in [-0.2, 0) is 4.79 Å². The number of hydrogen-bond acceptors (Lipinski definition) is 3. The Kier molecular flexibility index (Phi) is 7.20. The Bertz CT molecular complexity index is 813. The lowest BCUT2D eigenvalue weighted by molar-refractivity contribution is -0.118. The fourth-order valence-corrected chi connectivity index (χ4v) is 5.09. The minimum Gasteiger partial charge on any atom is -0.367 e. The van der Waals surface area contributed by atoms with E-state index in [0.29, 0.717) is 25.0 Å². The zero-order chi connectivity index (χ0) is 21.8. The number of nitrogens with zero attached hydrogens (tertiary/aromatic N) is 2. The van der Waals surface area contributed by atoms with Gasteiger partial charge in [0.05, 0.1) is 5.69 Å². The largest absolute Gasteiger partial charge is 0.367 e. The second-order valence-corrected chi connectivity index (χ2v) is 9.12. The molecule has 0 unspecified atom stereocenters. The molecule has 170 valence electrons. The van der Waals surface area contributed by atoms with Crippen molar-refractivity contribution in [2.24, 2.45) is 5.92 Å². The summed E-state index contributed by atoms with van der Waals surface area (Å²) in [7, 11) is 0. The average Bonchev–Trinajstić information content (AvgIpc) is 3.33. The number of carbonyl (C=O) groups excluding carboxylic acids is 1. The van der Waals surface area contributed by atoms with Gasteiger partial charge in [-0.2, -0.15) is 0 Å². The maximum Gasteiger partial charge on any atom is 0.247 e. The molecule has 2 aliphatic carbocycles. The lowest BCUT2D eigenvalue weighted by Crippen LogP contribution is -2.47. The van der Waals surface area contributed by atoms with Crippen LogP contribution in [0.2, 0.25) is 0 Å². The van der Waals surface area contributed by atoms with Crippen molar-refractivity contribution in [3.63, 3.8) is 0 Å². The molecule has 7 heteroatoms. The van der Waals surface area contributed by atoms with Crippen molar-refractivity contribution in [1.29, 1.82) is 0 Å². The molecule has 31 heavy (non-hydrogen) atoms. The Morgan fingerprint density at radius 3 is 2.42 bits per heavy atom. The van der Waals surface area contributed by atoms with Crippen molar-refractivity contribution in [3.8, 4) is 0 Å². The van der Waals surface area contributed by atoms with Crippen molar-refractivity contribution < 1.29 is 18.0 Å². The molecule has 1 N–H and O–H groups in total. The standard InChI is InChI=1S/C24H32F3N3O/c25-20-9-10-21(23(27)22(20)26)30-15-13-29(14-16-30)12-11-17-5-7-19(8-6-17)28-24(31)18-3-1-2-4-18/h3,9-10,17,19H,1-2,4-8,11-16H2,(H,28,31). The predicted molar refractivity (Wildman–Crippen MR) is 115 cm³/mol. The van der Waals surface area contributed by atoms with E-state index in [9.17, 15) is 18.0 Å². The van der Waals surface area contributed by atoms with Gasteiger partial charge in [-0.05, 0) is 76.0 Å². The molecule has 1 heterocycles. The van der Waals surface area contributed by atoms with Gasteiger partial charge in [-0.15, -0.1) is 0 Å². The molecule has 0 spiro atoms. The monoisotopic (exact) mass is 435 g/mol. The highest BCUT2D eigenvalue weighted by Gasteiger charge is 2.26. The first-order chi connectivity index (χ1) is 15.0. The number of piperazine rings is 1. The molecule has 3 aliphatic rings. The SMILES string of the molecule is O=C(NC1CCC(CCN2CCN(c3ccc(F)c(F)c3F)CC2)CC1)C1=CCCC1. The molecular weight excluding hydrogens is 403 g/mol. The van der Waals surface area contributed by atoms with Gasteiger partial charge in [-0.25, -0.2) is 13.2 Å². The summed E-state index contributed by atoms with van der Waals surface area (Å²) in [6.45, 7) is 3.80. The van der Waals surface area contributed by atoms with Crippen LogP contribution in [-0.4, -0.2) is 49.6 Å². The molecule has 0 aromatic heterocycles. The van der Waals surface area contributed by atoms with Gasteiger partial charge in [-0.3, -0.25) is 9.69 Å². The second kappa shape index (κ2) is 10.1. The molecule has 0 bridgehead atoms. The van der Waals surface area contributed by atoms with Gasteiger partial charge >= 0.3 is 0 Å². The van der Waals surface area contributed by atoms with Crippen molar-refractivity contribution in [1.82, 2.24) is 10.2 Å². The van der Waals surface area contributed by atoms with E-state index in [4.69, 9.17) is 0 Å². The molecule has 0 atom stereocenters. The normalized spacial score (nSPS) is 24.9. The molecule has 1 aromatic rings. The van der Waals surface area contributed by atoms with E-state index in [2.05, 4.69) is 16.3 Å². The Hall–Kier alpha value is -2.02. The van der Waals surface area contributed by atoms with Gasteiger partial charge in [0.2, 0.25) is 5.91 Å². The summed E-state index contributed by atoms with van der Waals surface area (Å²) in [5.74, 6) is -2.82. The zero-order valence-corrected chi connectivity index (χ0v) is 18.0. The van der Waals surface area contributed by atoms with Crippen LogP contribution in [0.25, 0.3) is 0 Å². The van der Waals surface area contributed by atoms with Gasteiger partial charge in [0.1, 0.15) is 0 Å². The second-order valence-electron chi connectivity index (χ2n) is 9.12. The van der Waals surface area contributed by atoms with Gasteiger partial charge in [0, 0.05) is 37.8 Å². The van der Waals surface area contributed by atoms with E-state index in [1.807, 2.05) is 0 Å². The molecule has 1 aromatic carbocycles. The van der Waals surface area contributed by atoms with Gasteiger partial charge in [0.25, 0.3) is 0 Å². The minimum absolute atomic E-state index is 0.135. The number of rotatable bonds is 6. The van der Waals surface area contributed by atoms with E-state index in [0.717, 1.165) is 82.6 Å². The Morgan fingerprint density at radius 2 is 1.74 bits per heavy atom. The molecule has 1 amide bonds. The van der Waals surface area contributed by atoms with Crippen LogP contribution in [0.4, 0.5) is 18.9 Å². The van der Waals surface area contributed by atoms with Crippen LogP contribution in [0.3, 0.4) is 0 Å². The number of benzene rings is 1. The summed E-state index contributed by atoms with van der Waals surface area (Å²) in [6.07, 6.45) is 10.6. The number of halogens is 3. The molecular formula is C24H32F3N3O. The van der Waals surface area contributed by atoms with E-state index in [1.54, 1.807) is 4.90 Å². The summed E-state index contributed by atoms with van der Waals surface area (Å²) >= 11 is 0.